The third-order valence-corrected chi connectivity index (χ3v) is 2.25. The van der Waals surface area contributed by atoms with Crippen LogP contribution in [-0.4, -0.2) is 19.2 Å². The Balaban J connectivity index is 2.52. The molecule has 4 heteroatoms. The van der Waals surface area contributed by atoms with E-state index in [0.717, 1.165) is 5.39 Å². The van der Waals surface area contributed by atoms with E-state index in [1.165, 1.54) is 18.2 Å². The number of hydrogen-bond acceptors (Lipinski definition) is 3. The Morgan fingerprint density at radius 2 is 2.13 bits per heavy atom. The lowest BCUT2D eigenvalue weighted by molar-refractivity contribution is -0.129. The Kier molecular flexibility index (Phi) is 2.25. The van der Waals surface area contributed by atoms with Gasteiger partial charge in [0.25, 0.3) is 5.91 Å². The highest BCUT2D eigenvalue weighted by molar-refractivity contribution is 6.31. The number of likely N-dealkylation sites (N-methyl/N-ethyl adjacent to an activating group) is 1. The van der Waals surface area contributed by atoms with Crippen LogP contribution in [0.2, 0.25) is 0 Å². The number of carbonyl (C=O) groups is 2. The molecule has 0 bridgehead atoms. The zero-order valence-electron chi connectivity index (χ0n) is 8.14. The summed E-state index contributed by atoms with van der Waals surface area (Å²) in [5.41, 5.74) is 1.29. The SMILES string of the molecule is CN(C(=O)C=O)c1coc2ccccc12. The number of carbonyl (C=O) groups excluding carboxylic acids is 2. The standard InChI is InChI=1S/C11H9NO3/c1-12(11(14)6-13)9-7-15-10-5-3-2-4-8(9)10/h2-7H,1H3. The number of rotatable bonds is 2. The lowest BCUT2D eigenvalue weighted by Crippen LogP contribution is -2.26. The molecule has 0 spiro atoms. The molecule has 1 aromatic heterocycles. The van der Waals surface area contributed by atoms with Crippen LogP contribution in [0.3, 0.4) is 0 Å². The molecule has 0 aliphatic carbocycles. The van der Waals surface area contributed by atoms with Crippen LogP contribution in [0.25, 0.3) is 11.0 Å². The Hall–Kier alpha value is -2.10. The number of benzene rings is 1. The fraction of sp³-hybridized carbons (Fsp3) is 0.0909. The van der Waals surface area contributed by atoms with Gasteiger partial charge in [0.05, 0.1) is 5.69 Å². The maximum absolute atomic E-state index is 11.2. The highest BCUT2D eigenvalue weighted by Gasteiger charge is 2.14. The summed E-state index contributed by atoms with van der Waals surface area (Å²) in [7, 11) is 1.54. The van der Waals surface area contributed by atoms with Crippen LogP contribution in [0.15, 0.2) is 34.9 Å². The maximum atomic E-state index is 11.2. The van der Waals surface area contributed by atoms with E-state index < -0.39 is 5.91 Å². The summed E-state index contributed by atoms with van der Waals surface area (Å²) in [6.07, 6.45) is 1.74. The van der Waals surface area contributed by atoms with E-state index in [0.29, 0.717) is 11.3 Å². The minimum atomic E-state index is -0.596. The lowest BCUT2D eigenvalue weighted by Gasteiger charge is -2.10. The van der Waals surface area contributed by atoms with Crippen LogP contribution >= 0.6 is 0 Å². The van der Waals surface area contributed by atoms with E-state index in [9.17, 15) is 9.59 Å². The molecule has 2 aromatic rings. The number of furan rings is 1. The van der Waals surface area contributed by atoms with Crippen LogP contribution in [0.1, 0.15) is 0 Å². The zero-order valence-corrected chi connectivity index (χ0v) is 8.14. The summed E-state index contributed by atoms with van der Waals surface area (Å²) in [6, 6.07) is 7.33. The third kappa shape index (κ3) is 1.50. The van der Waals surface area contributed by atoms with Gasteiger partial charge in [0.1, 0.15) is 11.8 Å². The topological polar surface area (TPSA) is 50.5 Å². The summed E-state index contributed by atoms with van der Waals surface area (Å²) in [4.78, 5) is 22.8. The molecular formula is C11H9NO3. The minimum Gasteiger partial charge on any atom is -0.462 e. The molecule has 4 nitrogen and oxygen atoms in total. The first-order valence-electron chi connectivity index (χ1n) is 4.43. The Bertz CT molecular complexity index is 515. The van der Waals surface area contributed by atoms with Gasteiger partial charge in [0.2, 0.25) is 6.29 Å². The first-order chi connectivity index (χ1) is 7.24. The van der Waals surface area contributed by atoms with Gasteiger partial charge in [-0.15, -0.1) is 0 Å². The zero-order chi connectivity index (χ0) is 10.8. The van der Waals surface area contributed by atoms with Gasteiger partial charge in [0.15, 0.2) is 0 Å². The van der Waals surface area contributed by atoms with Crippen molar-refractivity contribution >= 4 is 28.8 Å². The van der Waals surface area contributed by atoms with Gasteiger partial charge in [-0.25, -0.2) is 0 Å². The summed E-state index contributed by atoms with van der Waals surface area (Å²) in [5.74, 6) is -0.596. The van der Waals surface area contributed by atoms with Crippen molar-refractivity contribution in [3.8, 4) is 0 Å². The fourth-order valence-electron chi connectivity index (χ4n) is 1.42. The molecule has 0 atom stereocenters. The van der Waals surface area contributed by atoms with E-state index in [-0.39, 0.29) is 6.29 Å². The predicted octanol–water partition coefficient (Wildman–Crippen LogP) is 1.59. The Labute approximate surface area is 86.1 Å². The highest BCUT2D eigenvalue weighted by Crippen LogP contribution is 2.27. The highest BCUT2D eigenvalue weighted by atomic mass is 16.3. The predicted molar refractivity (Wildman–Crippen MR) is 55.7 cm³/mol. The fourth-order valence-corrected chi connectivity index (χ4v) is 1.42. The molecule has 1 aromatic carbocycles. The molecule has 0 aliphatic rings. The summed E-state index contributed by atoms with van der Waals surface area (Å²) in [5, 5.41) is 0.815. The number of para-hydroxylation sites is 1. The molecule has 0 saturated heterocycles. The second-order valence-corrected chi connectivity index (χ2v) is 3.13. The molecule has 15 heavy (non-hydrogen) atoms. The summed E-state index contributed by atoms with van der Waals surface area (Å²) < 4.78 is 5.26. The molecule has 1 amide bonds. The van der Waals surface area contributed by atoms with Crippen molar-refractivity contribution in [2.75, 3.05) is 11.9 Å². The summed E-state index contributed by atoms with van der Waals surface area (Å²) in [6.45, 7) is 0. The second-order valence-electron chi connectivity index (χ2n) is 3.13. The molecule has 1 heterocycles. The molecule has 0 fully saturated rings. The van der Waals surface area contributed by atoms with Gasteiger partial charge in [-0.2, -0.15) is 0 Å². The van der Waals surface area contributed by atoms with Gasteiger partial charge < -0.3 is 9.32 Å². The van der Waals surface area contributed by atoms with Crippen molar-refractivity contribution in [1.82, 2.24) is 0 Å². The largest absolute Gasteiger partial charge is 0.462 e. The Morgan fingerprint density at radius 1 is 1.40 bits per heavy atom. The van der Waals surface area contributed by atoms with E-state index >= 15 is 0 Å². The van der Waals surface area contributed by atoms with Crippen LogP contribution in [-0.2, 0) is 9.59 Å². The average molecular weight is 203 g/mol. The smallest absolute Gasteiger partial charge is 0.290 e. The van der Waals surface area contributed by atoms with Gasteiger partial charge in [-0.05, 0) is 12.1 Å². The number of aldehydes is 1. The van der Waals surface area contributed by atoms with Crippen LogP contribution in [0.5, 0.6) is 0 Å². The van der Waals surface area contributed by atoms with Crippen molar-refractivity contribution in [3.05, 3.63) is 30.5 Å². The number of amides is 1. The van der Waals surface area contributed by atoms with E-state index in [1.54, 1.807) is 6.07 Å². The van der Waals surface area contributed by atoms with E-state index in [4.69, 9.17) is 4.42 Å². The van der Waals surface area contributed by atoms with Gasteiger partial charge >= 0.3 is 0 Å². The van der Waals surface area contributed by atoms with Crippen molar-refractivity contribution in [3.63, 3.8) is 0 Å². The lowest BCUT2D eigenvalue weighted by atomic mass is 10.2. The molecule has 0 N–H and O–H groups in total. The second kappa shape index (κ2) is 3.57. The van der Waals surface area contributed by atoms with Gasteiger partial charge in [-0.1, -0.05) is 12.1 Å². The summed E-state index contributed by atoms with van der Waals surface area (Å²) >= 11 is 0. The van der Waals surface area contributed by atoms with E-state index in [2.05, 4.69) is 0 Å². The number of fused-ring (bicyclic) bond motifs is 1. The van der Waals surface area contributed by atoms with Gasteiger partial charge in [0, 0.05) is 12.4 Å². The van der Waals surface area contributed by atoms with Crippen molar-refractivity contribution in [2.24, 2.45) is 0 Å². The molecular weight excluding hydrogens is 194 g/mol. The van der Waals surface area contributed by atoms with Crippen LogP contribution in [0.4, 0.5) is 5.69 Å². The van der Waals surface area contributed by atoms with Crippen LogP contribution in [0, 0.1) is 0 Å². The molecule has 0 saturated carbocycles. The maximum Gasteiger partial charge on any atom is 0.290 e. The first-order valence-corrected chi connectivity index (χ1v) is 4.43. The Morgan fingerprint density at radius 3 is 2.87 bits per heavy atom. The monoisotopic (exact) mass is 203 g/mol. The number of hydrogen-bond donors (Lipinski definition) is 0. The van der Waals surface area contributed by atoms with Gasteiger partial charge in [-0.3, -0.25) is 9.59 Å². The number of anilines is 1. The number of nitrogens with zero attached hydrogens (tertiary/aromatic N) is 1. The van der Waals surface area contributed by atoms with Crippen molar-refractivity contribution < 1.29 is 14.0 Å². The molecule has 2 rings (SSSR count). The van der Waals surface area contributed by atoms with Crippen molar-refractivity contribution in [1.29, 1.82) is 0 Å². The average Bonchev–Trinajstić information content (AvgIpc) is 2.70. The molecule has 0 aliphatic heterocycles. The molecule has 0 unspecified atom stereocenters. The quantitative estimate of drug-likeness (QED) is 0.550. The first kappa shape index (κ1) is 9.45. The molecule has 0 radical (unpaired) electrons. The van der Waals surface area contributed by atoms with Crippen LogP contribution < -0.4 is 4.90 Å². The third-order valence-electron chi connectivity index (χ3n) is 2.25. The normalized spacial score (nSPS) is 10.2. The van der Waals surface area contributed by atoms with Crippen molar-refractivity contribution in [2.45, 2.75) is 0 Å². The van der Waals surface area contributed by atoms with E-state index in [1.807, 2.05) is 18.2 Å². The molecule has 76 valence electrons. The minimum absolute atomic E-state index is 0.280.